The van der Waals surface area contributed by atoms with E-state index in [0.717, 1.165) is 30.5 Å². The largest absolute Gasteiger partial charge is 0.423 e. The molecule has 2 aromatic rings. The van der Waals surface area contributed by atoms with Gasteiger partial charge in [0.05, 0.1) is 0 Å². The van der Waals surface area contributed by atoms with E-state index < -0.39 is 0 Å². The monoisotopic (exact) mass is 328 g/mol. The Kier molecular flexibility index (Phi) is 4.71. The number of benzene rings is 1. The Morgan fingerprint density at radius 2 is 2.08 bits per heavy atom. The third kappa shape index (κ3) is 3.51. The first-order valence-corrected chi connectivity index (χ1v) is 8.44. The van der Waals surface area contributed by atoms with Gasteiger partial charge in [-0.2, -0.15) is 0 Å². The molecule has 5 heteroatoms. The van der Waals surface area contributed by atoms with Crippen LogP contribution in [0.5, 0.6) is 0 Å². The van der Waals surface area contributed by atoms with Gasteiger partial charge in [0, 0.05) is 44.6 Å². The Morgan fingerprint density at radius 1 is 1.29 bits per heavy atom. The van der Waals surface area contributed by atoms with Gasteiger partial charge in [-0.25, -0.2) is 4.79 Å². The van der Waals surface area contributed by atoms with Gasteiger partial charge < -0.3 is 14.2 Å². The van der Waals surface area contributed by atoms with Crippen LogP contribution in [0, 0.1) is 5.92 Å². The number of carbonyl (C=O) groups excluding carboxylic acids is 1. The van der Waals surface area contributed by atoms with E-state index in [0.29, 0.717) is 24.5 Å². The van der Waals surface area contributed by atoms with Gasteiger partial charge in [0.2, 0.25) is 5.91 Å². The summed E-state index contributed by atoms with van der Waals surface area (Å²) in [4.78, 5) is 27.5. The molecule has 1 aromatic heterocycles. The zero-order valence-corrected chi connectivity index (χ0v) is 14.5. The fourth-order valence-electron chi connectivity index (χ4n) is 3.50. The smallest absolute Gasteiger partial charge is 0.336 e. The summed E-state index contributed by atoms with van der Waals surface area (Å²) in [5, 5.41) is 1.00. The first-order valence-electron chi connectivity index (χ1n) is 8.44. The Labute approximate surface area is 141 Å². The first kappa shape index (κ1) is 16.7. The zero-order chi connectivity index (χ0) is 17.3. The van der Waals surface area contributed by atoms with E-state index in [1.54, 1.807) is 11.0 Å². The number of aryl methyl sites for hydroxylation is 1. The molecule has 24 heavy (non-hydrogen) atoms. The second-order valence-corrected chi connectivity index (χ2v) is 6.82. The van der Waals surface area contributed by atoms with E-state index in [1.165, 1.54) is 5.56 Å². The predicted octanol–water partition coefficient (Wildman–Crippen LogP) is 2.27. The summed E-state index contributed by atoms with van der Waals surface area (Å²) < 4.78 is 5.32. The second kappa shape index (κ2) is 6.77. The molecule has 2 heterocycles. The average Bonchev–Trinajstić information content (AvgIpc) is 2.84. The highest BCUT2D eigenvalue weighted by atomic mass is 16.4. The van der Waals surface area contributed by atoms with Crippen molar-refractivity contribution in [2.75, 3.05) is 27.2 Å². The lowest BCUT2D eigenvalue weighted by Gasteiger charge is -2.21. The summed E-state index contributed by atoms with van der Waals surface area (Å²) in [5.74, 6) is 0.567. The van der Waals surface area contributed by atoms with Crippen LogP contribution >= 0.6 is 0 Å². The van der Waals surface area contributed by atoms with Crippen molar-refractivity contribution in [1.29, 1.82) is 0 Å². The summed E-state index contributed by atoms with van der Waals surface area (Å²) in [6, 6.07) is 7.57. The molecular weight excluding hydrogens is 304 g/mol. The molecule has 5 nitrogen and oxygen atoms in total. The molecule has 1 amide bonds. The number of hydrogen-bond acceptors (Lipinski definition) is 4. The lowest BCUT2D eigenvalue weighted by molar-refractivity contribution is -0.126. The van der Waals surface area contributed by atoms with Gasteiger partial charge in [0.25, 0.3) is 0 Å². The van der Waals surface area contributed by atoms with Gasteiger partial charge in [-0.1, -0.05) is 13.0 Å². The van der Waals surface area contributed by atoms with Crippen molar-refractivity contribution >= 4 is 16.9 Å². The minimum absolute atomic E-state index is 0.215. The number of likely N-dealkylation sites (tertiary alicyclic amines) is 1. The topological polar surface area (TPSA) is 53.8 Å². The predicted molar refractivity (Wildman–Crippen MR) is 93.9 cm³/mol. The Bertz CT molecular complexity index is 812. The summed E-state index contributed by atoms with van der Waals surface area (Å²) in [6.07, 6.45) is 1.55. The fraction of sp³-hybridized carbons (Fsp3) is 0.474. The number of nitrogens with zero attached hydrogens (tertiary/aromatic N) is 2. The lowest BCUT2D eigenvalue weighted by Crippen LogP contribution is -2.27. The van der Waals surface area contributed by atoms with Crippen molar-refractivity contribution in [3.05, 3.63) is 45.8 Å². The van der Waals surface area contributed by atoms with Crippen LogP contribution < -0.4 is 5.63 Å². The molecule has 0 bridgehead atoms. The van der Waals surface area contributed by atoms with Crippen molar-refractivity contribution < 1.29 is 9.21 Å². The summed E-state index contributed by atoms with van der Waals surface area (Å²) in [5.41, 5.74) is 2.53. The van der Waals surface area contributed by atoms with Crippen LogP contribution in [0.25, 0.3) is 11.0 Å². The van der Waals surface area contributed by atoms with E-state index in [1.807, 2.05) is 26.2 Å². The van der Waals surface area contributed by atoms with Crippen LogP contribution in [0.1, 0.15) is 24.5 Å². The van der Waals surface area contributed by atoms with Gasteiger partial charge in [-0.15, -0.1) is 0 Å². The van der Waals surface area contributed by atoms with Crippen molar-refractivity contribution in [1.82, 2.24) is 9.80 Å². The quantitative estimate of drug-likeness (QED) is 0.790. The number of rotatable bonds is 5. The normalized spacial score (nSPS) is 18.1. The molecule has 0 saturated carbocycles. The SMILES string of the molecule is CCc1ccc2oc(=O)cc(CN(C)CC3CC(=O)N(C)C3)c2c1. The van der Waals surface area contributed by atoms with Crippen molar-refractivity contribution in [3.63, 3.8) is 0 Å². The number of carbonyl (C=O) groups is 1. The highest BCUT2D eigenvalue weighted by Gasteiger charge is 2.27. The third-order valence-corrected chi connectivity index (χ3v) is 4.73. The highest BCUT2D eigenvalue weighted by Crippen LogP contribution is 2.22. The minimum atomic E-state index is -0.314. The molecule has 1 atom stereocenters. The van der Waals surface area contributed by atoms with E-state index in [-0.39, 0.29) is 11.5 Å². The van der Waals surface area contributed by atoms with Crippen LogP contribution in [-0.2, 0) is 17.8 Å². The van der Waals surface area contributed by atoms with Crippen molar-refractivity contribution in [2.24, 2.45) is 5.92 Å². The van der Waals surface area contributed by atoms with Crippen molar-refractivity contribution in [3.8, 4) is 0 Å². The Morgan fingerprint density at radius 3 is 2.75 bits per heavy atom. The number of fused-ring (bicyclic) bond motifs is 1. The summed E-state index contributed by atoms with van der Waals surface area (Å²) in [7, 11) is 3.89. The minimum Gasteiger partial charge on any atom is -0.423 e. The van der Waals surface area contributed by atoms with Gasteiger partial charge >= 0.3 is 5.63 Å². The number of hydrogen-bond donors (Lipinski definition) is 0. The zero-order valence-electron chi connectivity index (χ0n) is 14.5. The second-order valence-electron chi connectivity index (χ2n) is 6.82. The molecule has 0 radical (unpaired) electrons. The molecule has 1 aromatic carbocycles. The molecule has 1 saturated heterocycles. The molecule has 1 unspecified atom stereocenters. The van der Waals surface area contributed by atoms with Crippen molar-refractivity contribution in [2.45, 2.75) is 26.3 Å². The van der Waals surface area contributed by atoms with Crippen LogP contribution in [0.15, 0.2) is 33.5 Å². The van der Waals surface area contributed by atoms with E-state index in [2.05, 4.69) is 17.9 Å². The maximum absolute atomic E-state index is 11.8. The van der Waals surface area contributed by atoms with Crippen LogP contribution in [-0.4, -0.2) is 42.9 Å². The van der Waals surface area contributed by atoms with Crippen LogP contribution in [0.4, 0.5) is 0 Å². The molecule has 0 spiro atoms. The van der Waals surface area contributed by atoms with Gasteiger partial charge in [0.1, 0.15) is 5.58 Å². The van der Waals surface area contributed by atoms with E-state index in [9.17, 15) is 9.59 Å². The Balaban J connectivity index is 1.81. The fourth-order valence-corrected chi connectivity index (χ4v) is 3.50. The molecule has 128 valence electrons. The summed E-state index contributed by atoms with van der Waals surface area (Å²) in [6.45, 7) is 4.43. The van der Waals surface area contributed by atoms with E-state index >= 15 is 0 Å². The third-order valence-electron chi connectivity index (χ3n) is 4.73. The molecule has 1 fully saturated rings. The summed E-state index contributed by atoms with van der Waals surface area (Å²) >= 11 is 0. The standard InChI is InChI=1S/C19H24N2O3/c1-4-13-5-6-17-16(7-13)15(9-19(23)24-17)12-20(2)10-14-8-18(22)21(3)11-14/h5-7,9,14H,4,8,10-12H2,1-3H3. The van der Waals surface area contributed by atoms with Gasteiger partial charge in [0.15, 0.2) is 0 Å². The highest BCUT2D eigenvalue weighted by molar-refractivity contribution is 5.81. The van der Waals surface area contributed by atoms with Crippen LogP contribution in [0.3, 0.4) is 0 Å². The lowest BCUT2D eigenvalue weighted by atomic mass is 10.0. The first-order chi connectivity index (χ1) is 11.5. The molecule has 3 rings (SSSR count). The molecule has 0 N–H and O–H groups in total. The van der Waals surface area contributed by atoms with E-state index in [4.69, 9.17) is 4.42 Å². The molecule has 0 aliphatic carbocycles. The maximum Gasteiger partial charge on any atom is 0.336 e. The number of amides is 1. The van der Waals surface area contributed by atoms with Gasteiger partial charge in [-0.05, 0) is 42.6 Å². The average molecular weight is 328 g/mol. The molecule has 1 aliphatic rings. The van der Waals surface area contributed by atoms with Crippen LogP contribution in [0.2, 0.25) is 0 Å². The maximum atomic E-state index is 11.8. The Hall–Kier alpha value is -2.14. The van der Waals surface area contributed by atoms with Gasteiger partial charge in [-0.3, -0.25) is 4.79 Å². The molecular formula is C19H24N2O3. The molecule has 1 aliphatic heterocycles.